The summed E-state index contributed by atoms with van der Waals surface area (Å²) in [6.07, 6.45) is 1.11. The van der Waals surface area contributed by atoms with Gasteiger partial charge in [0.25, 0.3) is 11.8 Å². The molecule has 2 aliphatic rings. The number of rotatable bonds is 20. The van der Waals surface area contributed by atoms with Crippen LogP contribution >= 0.6 is 0 Å². The first kappa shape index (κ1) is 47.7. The van der Waals surface area contributed by atoms with Crippen LogP contribution in [0.25, 0.3) is 17.2 Å². The lowest BCUT2D eigenvalue weighted by molar-refractivity contribution is -0.0869. The fourth-order valence-corrected chi connectivity index (χ4v) is 6.37. The van der Waals surface area contributed by atoms with Gasteiger partial charge in [0.2, 0.25) is 6.29 Å². The van der Waals surface area contributed by atoms with Crippen molar-refractivity contribution in [2.45, 2.75) is 90.8 Å². The number of anilines is 1. The number of carbonyl (C=O) groups excluding carboxylic acids is 5. The number of alkyl carbamates (subject to hydrolysis) is 1. The van der Waals surface area contributed by atoms with Crippen LogP contribution in [0, 0.1) is 17.2 Å². The second kappa shape index (κ2) is 20.7. The first-order valence-corrected chi connectivity index (χ1v) is 20.7. The number of nitrogens with zero attached hydrogens (tertiary/aromatic N) is 1. The van der Waals surface area contributed by atoms with Crippen molar-refractivity contribution in [2.75, 3.05) is 39.3 Å². The van der Waals surface area contributed by atoms with Crippen molar-refractivity contribution in [1.29, 1.82) is 5.41 Å². The molecule has 1 aromatic heterocycles. The number of hydrogen-bond donors (Lipinski definition) is 4. The Kier molecular flexibility index (Phi) is 15.7. The van der Waals surface area contributed by atoms with E-state index in [1.54, 1.807) is 33.1 Å². The van der Waals surface area contributed by atoms with Crippen LogP contribution in [0.2, 0.25) is 0 Å². The Hall–Kier alpha value is -6.33. The summed E-state index contributed by atoms with van der Waals surface area (Å²) < 4.78 is 38.0. The fourth-order valence-electron chi connectivity index (χ4n) is 6.37. The molecule has 4 N–H and O–H groups in total. The van der Waals surface area contributed by atoms with Crippen molar-refractivity contribution in [2.24, 2.45) is 11.8 Å². The largest absolute Gasteiger partial charge is 0.511 e. The average molecular weight is 872 g/mol. The van der Waals surface area contributed by atoms with Crippen LogP contribution in [0.3, 0.4) is 0 Å². The number of amidine groups is 1. The fraction of sp³-hybridized carbons (Fsp3) is 0.457. The topological polar surface area (TPSA) is 223 Å². The summed E-state index contributed by atoms with van der Waals surface area (Å²) in [6, 6.07) is 12.1. The van der Waals surface area contributed by atoms with Gasteiger partial charge in [0.15, 0.2) is 5.69 Å². The highest BCUT2D eigenvalue weighted by atomic mass is 16.8. The summed E-state index contributed by atoms with van der Waals surface area (Å²) >= 11 is 0. The SMILES string of the molecule is C=Cc1cc(C(=O)Nc2ccc(C(=N)NC(=O)OCCC(C)(C)OCC3CC3(C)OC)cc2)c(-c2ccc(C(=O)NCC3CC3)nc2C(=O)OC(C)OC(=O)OC(C)C)cc1OC. The molecule has 0 saturated heterocycles. The summed E-state index contributed by atoms with van der Waals surface area (Å²) in [6.45, 7) is 15.4. The average Bonchev–Trinajstić information content (AvgIpc) is 4.18. The molecule has 1 heterocycles. The number of aromatic nitrogens is 1. The molecule has 3 atom stereocenters. The van der Waals surface area contributed by atoms with Crippen LogP contribution in [0.1, 0.15) is 110 Å². The molecule has 3 unspecified atom stereocenters. The predicted molar refractivity (Wildman–Crippen MR) is 233 cm³/mol. The first-order chi connectivity index (χ1) is 29.8. The number of ether oxygens (including phenoxy) is 7. The van der Waals surface area contributed by atoms with E-state index in [9.17, 15) is 24.0 Å². The van der Waals surface area contributed by atoms with Gasteiger partial charge in [-0.15, -0.1) is 0 Å². The number of nitrogens with one attached hydrogen (secondary N) is 4. The Labute approximate surface area is 367 Å². The van der Waals surface area contributed by atoms with Crippen LogP contribution in [-0.2, 0) is 28.4 Å². The minimum Gasteiger partial charge on any atom is -0.496 e. The minimum absolute atomic E-state index is 0.0631. The number of pyridine rings is 1. The van der Waals surface area contributed by atoms with E-state index in [4.69, 9.17) is 38.6 Å². The van der Waals surface area contributed by atoms with Gasteiger partial charge in [-0.05, 0) is 108 Å². The monoisotopic (exact) mass is 871 g/mol. The lowest BCUT2D eigenvalue weighted by Crippen LogP contribution is -2.33. The number of esters is 1. The molecule has 2 fully saturated rings. The number of hydrogen-bond acceptors (Lipinski definition) is 14. The molecule has 0 bridgehead atoms. The van der Waals surface area contributed by atoms with Gasteiger partial charge in [-0.2, -0.15) is 0 Å². The third-order valence-corrected chi connectivity index (χ3v) is 10.7. The second-order valence-corrected chi connectivity index (χ2v) is 16.5. The zero-order valence-electron chi connectivity index (χ0n) is 37.0. The first-order valence-electron chi connectivity index (χ1n) is 20.7. The van der Waals surface area contributed by atoms with Crippen molar-refractivity contribution < 1.29 is 57.1 Å². The van der Waals surface area contributed by atoms with Crippen molar-refractivity contribution >= 4 is 47.6 Å². The van der Waals surface area contributed by atoms with Crippen LogP contribution in [0.15, 0.2) is 55.1 Å². The highest BCUT2D eigenvalue weighted by molar-refractivity contribution is 6.11. The summed E-state index contributed by atoms with van der Waals surface area (Å²) in [5.41, 5.74) is 0.352. The van der Waals surface area contributed by atoms with E-state index < -0.39 is 48.0 Å². The highest BCUT2D eigenvalue weighted by Gasteiger charge is 2.51. The smallest absolute Gasteiger partial charge is 0.496 e. The molecular formula is C46H57N5O12. The molecule has 2 aliphatic carbocycles. The quantitative estimate of drug-likeness (QED) is 0.0284. The highest BCUT2D eigenvalue weighted by Crippen LogP contribution is 2.46. The van der Waals surface area contributed by atoms with Gasteiger partial charge in [-0.25, -0.2) is 19.4 Å². The molecule has 63 heavy (non-hydrogen) atoms. The molecule has 338 valence electrons. The molecule has 3 aromatic rings. The van der Waals surface area contributed by atoms with Gasteiger partial charge in [0.1, 0.15) is 17.3 Å². The van der Waals surface area contributed by atoms with Gasteiger partial charge < -0.3 is 43.8 Å². The van der Waals surface area contributed by atoms with E-state index in [1.807, 2.05) is 20.8 Å². The van der Waals surface area contributed by atoms with Crippen molar-refractivity contribution in [3.8, 4) is 16.9 Å². The maximum atomic E-state index is 14.1. The molecule has 2 aromatic carbocycles. The van der Waals surface area contributed by atoms with E-state index in [1.165, 1.54) is 56.5 Å². The van der Waals surface area contributed by atoms with E-state index in [2.05, 4.69) is 27.5 Å². The van der Waals surface area contributed by atoms with Crippen LogP contribution in [-0.4, -0.2) is 98.4 Å². The lowest BCUT2D eigenvalue weighted by atomic mass is 9.94. The molecule has 5 rings (SSSR count). The van der Waals surface area contributed by atoms with Crippen molar-refractivity contribution in [3.05, 3.63) is 83.2 Å². The van der Waals surface area contributed by atoms with Crippen LogP contribution < -0.4 is 20.7 Å². The molecule has 17 nitrogen and oxygen atoms in total. The molecule has 0 spiro atoms. The Balaban J connectivity index is 1.31. The summed E-state index contributed by atoms with van der Waals surface area (Å²) in [5, 5.41) is 16.5. The van der Waals surface area contributed by atoms with Crippen molar-refractivity contribution in [1.82, 2.24) is 15.6 Å². The summed E-state index contributed by atoms with van der Waals surface area (Å²) in [4.78, 5) is 70.2. The van der Waals surface area contributed by atoms with Gasteiger partial charge in [0, 0.05) is 66.4 Å². The van der Waals surface area contributed by atoms with E-state index in [-0.39, 0.29) is 46.1 Å². The number of benzene rings is 2. The third-order valence-electron chi connectivity index (χ3n) is 10.7. The molecular weight excluding hydrogens is 815 g/mol. The Morgan fingerprint density at radius 2 is 1.68 bits per heavy atom. The van der Waals surface area contributed by atoms with Gasteiger partial charge in [-0.1, -0.05) is 12.7 Å². The standard InChI is InChI=1S/C46H57N5O12/c1-10-29-21-35(40(52)49-32-15-13-30(14-16-32)39(47)51-43(55)59-20-19-45(5,6)60-25-31-23-46(31,7)58-9)34(22-37(29)57-8)33-17-18-36(41(53)48-24-28-11-12-28)50-38(33)42(54)62-27(4)63-44(56)61-26(2)3/h10,13-18,21-22,26-28,31H,1,11-12,19-20,23-25H2,2-9H3,(H,48,53)(H,49,52)(H2,47,51,55). The number of amides is 3. The predicted octanol–water partition coefficient (Wildman–Crippen LogP) is 7.52. The molecule has 0 aliphatic heterocycles. The molecule has 0 radical (unpaired) electrons. The van der Waals surface area contributed by atoms with Crippen LogP contribution in [0.4, 0.5) is 15.3 Å². The maximum Gasteiger partial charge on any atom is 0.511 e. The van der Waals surface area contributed by atoms with Gasteiger partial charge >= 0.3 is 18.2 Å². The normalized spacial score (nSPS) is 17.1. The Morgan fingerprint density at radius 3 is 2.30 bits per heavy atom. The molecule has 17 heteroatoms. The number of methoxy groups -OCH3 is 2. The van der Waals surface area contributed by atoms with Crippen molar-refractivity contribution in [3.63, 3.8) is 0 Å². The Bertz CT molecular complexity index is 2200. The zero-order valence-corrected chi connectivity index (χ0v) is 37.0. The van der Waals surface area contributed by atoms with E-state index in [0.717, 1.165) is 19.3 Å². The second-order valence-electron chi connectivity index (χ2n) is 16.5. The summed E-state index contributed by atoms with van der Waals surface area (Å²) in [7, 11) is 3.12. The summed E-state index contributed by atoms with van der Waals surface area (Å²) in [5.74, 6) is -1.40. The lowest BCUT2D eigenvalue weighted by Gasteiger charge is -2.25. The van der Waals surface area contributed by atoms with E-state index in [0.29, 0.717) is 54.0 Å². The van der Waals surface area contributed by atoms with Gasteiger partial charge in [-0.3, -0.25) is 20.3 Å². The number of carbonyl (C=O) groups is 5. The third kappa shape index (κ3) is 13.3. The minimum atomic E-state index is -1.42. The van der Waals surface area contributed by atoms with Gasteiger partial charge in [0.05, 0.1) is 37.6 Å². The molecule has 3 amide bonds. The van der Waals surface area contributed by atoms with E-state index >= 15 is 0 Å². The molecule has 2 saturated carbocycles. The Morgan fingerprint density at radius 1 is 0.968 bits per heavy atom. The van der Waals surface area contributed by atoms with Crippen LogP contribution in [0.5, 0.6) is 5.75 Å². The zero-order chi connectivity index (χ0) is 46.1. The maximum absolute atomic E-state index is 14.1.